The van der Waals surface area contributed by atoms with Crippen LogP contribution >= 0.6 is 11.6 Å². The summed E-state index contributed by atoms with van der Waals surface area (Å²) in [4.78, 5) is 31.3. The second kappa shape index (κ2) is 12.8. The molecule has 36 heavy (non-hydrogen) atoms. The summed E-state index contributed by atoms with van der Waals surface area (Å²) in [5.41, 5.74) is 16.9. The number of nitrogens with one attached hydrogen (secondary N) is 1. The fourth-order valence-electron chi connectivity index (χ4n) is 4.03. The molecule has 1 aromatic heterocycles. The minimum atomic E-state index is -0.639. The smallest absolute Gasteiger partial charge is 0.280 e. The summed E-state index contributed by atoms with van der Waals surface area (Å²) in [5.74, 6) is -1.32. The zero-order valence-corrected chi connectivity index (χ0v) is 22.1. The number of anilines is 2. The molecule has 1 amide bonds. The molecule has 3 heterocycles. The summed E-state index contributed by atoms with van der Waals surface area (Å²) in [7, 11) is 2.09. The molecule has 7 N–H and O–H groups in total. The Kier molecular flexibility index (Phi) is 10.0. The van der Waals surface area contributed by atoms with Crippen molar-refractivity contribution in [1.82, 2.24) is 30.0 Å². The van der Waals surface area contributed by atoms with Crippen molar-refractivity contribution in [3.63, 3.8) is 0 Å². The minimum absolute atomic E-state index is 0.00846. The molecule has 1 aromatic rings. The molecular formula is C22H39ClN10O3. The first-order chi connectivity index (χ1) is 17.0. The summed E-state index contributed by atoms with van der Waals surface area (Å²) < 4.78 is 11.6. The van der Waals surface area contributed by atoms with E-state index in [1.165, 1.54) is 0 Å². The van der Waals surface area contributed by atoms with Gasteiger partial charge >= 0.3 is 0 Å². The molecule has 13 nitrogen and oxygen atoms in total. The van der Waals surface area contributed by atoms with Crippen molar-refractivity contribution in [3.8, 4) is 0 Å². The summed E-state index contributed by atoms with van der Waals surface area (Å²) in [6, 6.07) is 0. The van der Waals surface area contributed by atoms with Crippen molar-refractivity contribution >= 4 is 35.1 Å². The van der Waals surface area contributed by atoms with Crippen LogP contribution in [0.3, 0.4) is 0 Å². The Morgan fingerprint density at radius 3 is 2.47 bits per heavy atom. The Bertz CT molecular complexity index is 924. The summed E-state index contributed by atoms with van der Waals surface area (Å²) in [6.07, 6.45) is 1.87. The van der Waals surface area contributed by atoms with Crippen LogP contribution in [0.25, 0.3) is 0 Å². The lowest BCUT2D eigenvalue weighted by atomic mass is 10.2. The third-order valence-corrected chi connectivity index (χ3v) is 6.52. The van der Waals surface area contributed by atoms with Crippen LogP contribution in [-0.4, -0.2) is 115 Å². The lowest BCUT2D eigenvalue weighted by molar-refractivity contribution is -0.157. The van der Waals surface area contributed by atoms with Gasteiger partial charge in [0.25, 0.3) is 5.91 Å². The molecule has 2 saturated heterocycles. The van der Waals surface area contributed by atoms with Crippen LogP contribution in [0.4, 0.5) is 11.6 Å². The topological polar surface area (TPSA) is 173 Å². The van der Waals surface area contributed by atoms with Gasteiger partial charge in [-0.15, -0.1) is 0 Å². The molecule has 0 bridgehead atoms. The molecule has 1 atom stereocenters. The van der Waals surface area contributed by atoms with Crippen molar-refractivity contribution in [3.05, 3.63) is 10.8 Å². The lowest BCUT2D eigenvalue weighted by Gasteiger charge is -2.36. The number of nitrogens with two attached hydrogens (primary N) is 3. The molecule has 0 saturated carbocycles. The molecule has 202 valence electrons. The van der Waals surface area contributed by atoms with E-state index in [2.05, 4.69) is 42.0 Å². The normalized spacial score (nSPS) is 21.2. The molecular weight excluding hydrogens is 488 g/mol. The standard InChI is InChI=1S/C22H39ClN10O3/c1-22(2)35-14-15(36-22)31(3)8-9-33-12-10-32(11-13-33)7-5-4-6-27-21(26)30-20(34)16-18(24)29-19(25)17(23)28-16/h15H,4-14H2,1-3H3,(H4,24,25,29)(H3,26,27,30,34). The molecule has 2 aliphatic rings. The lowest BCUT2D eigenvalue weighted by Crippen LogP contribution is -2.49. The number of likely N-dealkylation sites (N-methyl/N-ethyl adjacent to an activating group) is 1. The van der Waals surface area contributed by atoms with E-state index in [-0.39, 0.29) is 34.7 Å². The number of unbranched alkanes of at least 4 members (excludes halogenated alkanes) is 1. The average molecular weight is 527 g/mol. The maximum atomic E-state index is 12.3. The van der Waals surface area contributed by atoms with Gasteiger partial charge in [0.15, 0.2) is 34.2 Å². The van der Waals surface area contributed by atoms with Crippen LogP contribution in [0, 0.1) is 0 Å². The van der Waals surface area contributed by atoms with Crippen LogP contribution in [0.15, 0.2) is 4.99 Å². The van der Waals surface area contributed by atoms with E-state index in [1.54, 1.807) is 0 Å². The highest BCUT2D eigenvalue weighted by Gasteiger charge is 2.34. The predicted octanol–water partition coefficient (Wildman–Crippen LogP) is -0.222. The number of nitrogens with zero attached hydrogens (tertiary/aromatic N) is 6. The van der Waals surface area contributed by atoms with E-state index in [1.807, 2.05) is 13.8 Å². The van der Waals surface area contributed by atoms with Crippen molar-refractivity contribution in [1.29, 1.82) is 0 Å². The van der Waals surface area contributed by atoms with Gasteiger partial charge < -0.3 is 31.6 Å². The number of piperazine rings is 1. The third-order valence-electron chi connectivity index (χ3n) is 6.24. The van der Waals surface area contributed by atoms with Gasteiger partial charge in [0.1, 0.15) is 6.23 Å². The van der Waals surface area contributed by atoms with Gasteiger partial charge in [-0.2, -0.15) is 0 Å². The van der Waals surface area contributed by atoms with Gasteiger partial charge in [0, 0.05) is 45.8 Å². The maximum absolute atomic E-state index is 12.3. The minimum Gasteiger partial charge on any atom is -0.382 e. The van der Waals surface area contributed by atoms with Gasteiger partial charge in [-0.1, -0.05) is 11.6 Å². The van der Waals surface area contributed by atoms with Crippen LogP contribution in [0.1, 0.15) is 37.2 Å². The van der Waals surface area contributed by atoms with Crippen molar-refractivity contribution in [2.75, 3.05) is 77.5 Å². The van der Waals surface area contributed by atoms with E-state index in [4.69, 9.17) is 38.3 Å². The number of amides is 1. The number of aromatic nitrogens is 2. The zero-order chi connectivity index (χ0) is 26.3. The average Bonchev–Trinajstić information content (AvgIpc) is 3.20. The number of ether oxygens (including phenoxy) is 2. The largest absolute Gasteiger partial charge is 0.382 e. The number of halogens is 1. The SMILES string of the molecule is CN(CCN1CCN(CCCCN=C(N)NC(=O)c2nc(Cl)c(N)nc2N)CC1)C1COC(C)(C)O1. The fraction of sp³-hybridized carbons (Fsp3) is 0.727. The van der Waals surface area contributed by atoms with Gasteiger partial charge in [0.05, 0.1) is 6.61 Å². The highest BCUT2D eigenvalue weighted by Crippen LogP contribution is 2.23. The predicted molar refractivity (Wildman–Crippen MR) is 139 cm³/mol. The Labute approximate surface area is 217 Å². The number of hydrogen-bond donors (Lipinski definition) is 4. The number of guanidine groups is 1. The van der Waals surface area contributed by atoms with Crippen LogP contribution < -0.4 is 22.5 Å². The molecule has 0 aromatic carbocycles. The number of nitrogen functional groups attached to an aromatic ring is 2. The van der Waals surface area contributed by atoms with Crippen LogP contribution in [0.2, 0.25) is 5.15 Å². The number of carbonyl (C=O) groups is 1. The van der Waals surface area contributed by atoms with Gasteiger partial charge in [-0.3, -0.25) is 24.9 Å². The molecule has 2 fully saturated rings. The van der Waals surface area contributed by atoms with E-state index in [0.29, 0.717) is 13.2 Å². The number of hydrogen-bond acceptors (Lipinski definition) is 11. The highest BCUT2D eigenvalue weighted by atomic mass is 35.5. The summed E-state index contributed by atoms with van der Waals surface area (Å²) in [6.45, 7) is 12.2. The summed E-state index contributed by atoms with van der Waals surface area (Å²) in [5, 5.41) is 2.34. The highest BCUT2D eigenvalue weighted by molar-refractivity contribution is 6.31. The first-order valence-corrected chi connectivity index (χ1v) is 12.6. The molecule has 2 aliphatic heterocycles. The Hall–Kier alpha value is -2.29. The monoisotopic (exact) mass is 526 g/mol. The maximum Gasteiger partial charge on any atom is 0.280 e. The van der Waals surface area contributed by atoms with Gasteiger partial charge in [0.2, 0.25) is 0 Å². The number of rotatable bonds is 10. The number of carbonyl (C=O) groups excluding carboxylic acids is 1. The van der Waals surface area contributed by atoms with E-state index in [9.17, 15) is 4.79 Å². The van der Waals surface area contributed by atoms with Gasteiger partial charge in [-0.25, -0.2) is 9.97 Å². The second-order valence-corrected chi connectivity index (χ2v) is 9.87. The second-order valence-electron chi connectivity index (χ2n) is 9.51. The first-order valence-electron chi connectivity index (χ1n) is 12.2. The van der Waals surface area contributed by atoms with Crippen molar-refractivity contribution in [2.45, 2.75) is 38.7 Å². The van der Waals surface area contributed by atoms with Crippen molar-refractivity contribution < 1.29 is 14.3 Å². The number of aliphatic imine (C=N–C) groups is 1. The molecule has 0 spiro atoms. The summed E-state index contributed by atoms with van der Waals surface area (Å²) >= 11 is 5.80. The third kappa shape index (κ3) is 8.39. The Balaban J connectivity index is 1.27. The van der Waals surface area contributed by atoms with E-state index in [0.717, 1.165) is 58.7 Å². The quantitative estimate of drug-likeness (QED) is 0.180. The Morgan fingerprint density at radius 2 is 1.83 bits per heavy atom. The zero-order valence-electron chi connectivity index (χ0n) is 21.4. The van der Waals surface area contributed by atoms with Crippen molar-refractivity contribution in [2.24, 2.45) is 10.7 Å². The molecule has 3 rings (SSSR count). The molecule has 0 radical (unpaired) electrons. The van der Waals surface area contributed by atoms with Crippen LogP contribution in [0.5, 0.6) is 0 Å². The Morgan fingerprint density at radius 1 is 1.17 bits per heavy atom. The van der Waals surface area contributed by atoms with E-state index < -0.39 is 11.7 Å². The van der Waals surface area contributed by atoms with Crippen LogP contribution in [-0.2, 0) is 9.47 Å². The first kappa shape index (κ1) is 28.3. The molecule has 1 unspecified atom stereocenters. The van der Waals surface area contributed by atoms with E-state index >= 15 is 0 Å². The fourth-order valence-corrected chi connectivity index (χ4v) is 4.16. The molecule has 14 heteroatoms. The molecule has 0 aliphatic carbocycles. The van der Waals surface area contributed by atoms with Gasteiger partial charge in [-0.05, 0) is 40.3 Å².